The van der Waals surface area contributed by atoms with Crippen LogP contribution in [0.25, 0.3) is 0 Å². The lowest BCUT2D eigenvalue weighted by Crippen LogP contribution is -2.47. The van der Waals surface area contributed by atoms with Gasteiger partial charge in [-0.3, -0.25) is 0 Å². The van der Waals surface area contributed by atoms with E-state index in [-0.39, 0.29) is 22.9 Å². The van der Waals surface area contributed by atoms with Crippen molar-refractivity contribution >= 4 is 21.9 Å². The van der Waals surface area contributed by atoms with E-state index in [1.54, 1.807) is 18.1 Å². The zero-order chi connectivity index (χ0) is 18.2. The SMILES string of the molecule is CO[Si]CCCN(C)C(=O)NCC1(C)CC(N=C=O)CC(C)(C)C1. The highest BCUT2D eigenvalue weighted by molar-refractivity contribution is 6.26. The molecule has 2 amide bonds. The molecule has 1 fully saturated rings. The summed E-state index contributed by atoms with van der Waals surface area (Å²) in [6.45, 7) is 7.89. The van der Waals surface area contributed by atoms with Crippen LogP contribution in [0.4, 0.5) is 4.79 Å². The highest BCUT2D eigenvalue weighted by atomic mass is 28.2. The number of carbonyl (C=O) groups excluding carboxylic acids is 2. The second-order valence-electron chi connectivity index (χ2n) is 7.97. The zero-order valence-electron chi connectivity index (χ0n) is 15.6. The number of urea groups is 1. The molecule has 0 saturated heterocycles. The van der Waals surface area contributed by atoms with Crippen LogP contribution < -0.4 is 5.32 Å². The van der Waals surface area contributed by atoms with Crippen molar-refractivity contribution in [1.82, 2.24) is 10.2 Å². The minimum Gasteiger partial charge on any atom is -0.421 e. The quantitative estimate of drug-likeness (QED) is 0.316. The van der Waals surface area contributed by atoms with Crippen molar-refractivity contribution in [2.75, 3.05) is 27.2 Å². The van der Waals surface area contributed by atoms with Gasteiger partial charge in [-0.15, -0.1) is 0 Å². The maximum atomic E-state index is 12.3. The first-order valence-electron chi connectivity index (χ1n) is 8.53. The van der Waals surface area contributed by atoms with Crippen LogP contribution in [-0.4, -0.2) is 60.1 Å². The fraction of sp³-hybridized carbons (Fsp3) is 0.882. The van der Waals surface area contributed by atoms with Crippen LogP contribution in [0.5, 0.6) is 0 Å². The van der Waals surface area contributed by atoms with Crippen LogP contribution >= 0.6 is 0 Å². The van der Waals surface area contributed by atoms with Gasteiger partial charge in [0, 0.05) is 27.2 Å². The molecule has 0 aromatic heterocycles. The van der Waals surface area contributed by atoms with Gasteiger partial charge < -0.3 is 14.6 Å². The summed E-state index contributed by atoms with van der Waals surface area (Å²) in [5, 5.41) is 3.05. The topological polar surface area (TPSA) is 71.0 Å². The summed E-state index contributed by atoms with van der Waals surface area (Å²) < 4.78 is 5.05. The van der Waals surface area contributed by atoms with Crippen LogP contribution in [0.1, 0.15) is 46.5 Å². The molecule has 0 bridgehead atoms. The number of hydrogen-bond acceptors (Lipinski definition) is 4. The van der Waals surface area contributed by atoms with E-state index in [1.165, 1.54) is 0 Å². The van der Waals surface area contributed by atoms with E-state index in [0.29, 0.717) is 16.3 Å². The fourth-order valence-corrected chi connectivity index (χ4v) is 4.40. The van der Waals surface area contributed by atoms with E-state index in [0.717, 1.165) is 38.3 Å². The normalized spacial score (nSPS) is 25.6. The number of carbonyl (C=O) groups is 1. The minimum absolute atomic E-state index is 0.000849. The molecule has 2 unspecified atom stereocenters. The van der Waals surface area contributed by atoms with E-state index in [9.17, 15) is 9.59 Å². The van der Waals surface area contributed by atoms with Gasteiger partial charge in [-0.1, -0.05) is 20.8 Å². The molecule has 7 heteroatoms. The third-order valence-corrected chi connectivity index (χ3v) is 5.43. The van der Waals surface area contributed by atoms with Gasteiger partial charge in [0.2, 0.25) is 15.8 Å². The smallest absolute Gasteiger partial charge is 0.317 e. The van der Waals surface area contributed by atoms with Gasteiger partial charge in [0.25, 0.3) is 0 Å². The van der Waals surface area contributed by atoms with E-state index < -0.39 is 0 Å². The number of hydrogen-bond donors (Lipinski definition) is 1. The third kappa shape index (κ3) is 7.15. The second-order valence-corrected chi connectivity index (χ2v) is 9.16. The van der Waals surface area contributed by atoms with Crippen molar-refractivity contribution in [3.63, 3.8) is 0 Å². The predicted molar refractivity (Wildman–Crippen MR) is 95.9 cm³/mol. The molecular weight excluding hydrogens is 322 g/mol. The standard InChI is InChI=1S/C17H31N3O3Si/c1-16(2)9-14(19-13-21)10-17(3,11-16)12-18-15(22)20(4)7-6-8-24-23-5/h14H,6-12H2,1-5H3,(H,18,22). The van der Waals surface area contributed by atoms with Gasteiger partial charge in [0.1, 0.15) is 0 Å². The Morgan fingerprint density at radius 1 is 1.42 bits per heavy atom. The Kier molecular flexibility index (Phi) is 8.13. The molecule has 2 atom stereocenters. The van der Waals surface area contributed by atoms with Gasteiger partial charge in [-0.05, 0) is 42.6 Å². The molecule has 24 heavy (non-hydrogen) atoms. The third-order valence-electron chi connectivity index (χ3n) is 4.59. The molecule has 1 saturated carbocycles. The lowest BCUT2D eigenvalue weighted by atomic mass is 9.63. The number of amides is 2. The van der Waals surface area contributed by atoms with Crippen molar-refractivity contribution in [1.29, 1.82) is 0 Å². The first kappa shape index (κ1) is 20.9. The number of isocyanates is 1. The lowest BCUT2D eigenvalue weighted by molar-refractivity contribution is 0.0836. The van der Waals surface area contributed by atoms with Crippen molar-refractivity contribution in [2.45, 2.75) is 58.5 Å². The lowest BCUT2D eigenvalue weighted by Gasteiger charge is -2.45. The van der Waals surface area contributed by atoms with Crippen LogP contribution in [0.15, 0.2) is 4.99 Å². The molecule has 0 aromatic rings. The van der Waals surface area contributed by atoms with Crippen LogP contribution in [0, 0.1) is 10.8 Å². The van der Waals surface area contributed by atoms with Gasteiger partial charge in [0.05, 0.1) is 6.04 Å². The molecule has 1 N–H and O–H groups in total. The molecule has 0 spiro atoms. The van der Waals surface area contributed by atoms with Gasteiger partial charge in [-0.2, -0.15) is 0 Å². The van der Waals surface area contributed by atoms with Crippen molar-refractivity contribution in [3.8, 4) is 0 Å². The number of rotatable bonds is 8. The van der Waals surface area contributed by atoms with Gasteiger partial charge in [-0.25, -0.2) is 14.6 Å². The number of nitrogens with one attached hydrogen (secondary N) is 1. The first-order chi connectivity index (χ1) is 11.2. The Bertz CT molecular complexity index is 466. The molecule has 1 rings (SSSR count). The average molecular weight is 354 g/mol. The van der Waals surface area contributed by atoms with Crippen molar-refractivity contribution < 1.29 is 14.0 Å². The average Bonchev–Trinajstić information content (AvgIpc) is 2.47. The maximum absolute atomic E-state index is 12.3. The minimum atomic E-state index is -0.0549. The summed E-state index contributed by atoms with van der Waals surface area (Å²) in [5.41, 5.74) is 0.0520. The second kappa shape index (κ2) is 9.35. The molecule has 1 aliphatic rings. The van der Waals surface area contributed by atoms with Crippen molar-refractivity contribution in [3.05, 3.63) is 0 Å². The Morgan fingerprint density at radius 3 is 2.75 bits per heavy atom. The molecule has 0 heterocycles. The number of aliphatic imine (C=N–C) groups is 1. The summed E-state index contributed by atoms with van der Waals surface area (Å²) in [4.78, 5) is 28.6. The monoisotopic (exact) mass is 353 g/mol. The van der Waals surface area contributed by atoms with Crippen LogP contribution in [0.3, 0.4) is 0 Å². The van der Waals surface area contributed by atoms with Crippen molar-refractivity contribution in [2.24, 2.45) is 15.8 Å². The van der Waals surface area contributed by atoms with E-state index in [1.807, 2.05) is 7.05 Å². The highest BCUT2D eigenvalue weighted by Gasteiger charge is 2.41. The zero-order valence-corrected chi connectivity index (χ0v) is 16.6. The molecule has 136 valence electrons. The molecule has 0 aliphatic heterocycles. The molecule has 1 aliphatic carbocycles. The Balaban J connectivity index is 2.51. The van der Waals surface area contributed by atoms with Crippen LogP contribution in [-0.2, 0) is 9.22 Å². The molecule has 6 nitrogen and oxygen atoms in total. The van der Waals surface area contributed by atoms with E-state index in [2.05, 4.69) is 31.1 Å². The first-order valence-corrected chi connectivity index (χ1v) is 9.65. The Morgan fingerprint density at radius 2 is 2.12 bits per heavy atom. The summed E-state index contributed by atoms with van der Waals surface area (Å²) in [5.74, 6) is 0. The summed E-state index contributed by atoms with van der Waals surface area (Å²) in [6.07, 6.45) is 5.35. The number of nitrogens with zero attached hydrogens (tertiary/aromatic N) is 2. The van der Waals surface area contributed by atoms with E-state index in [4.69, 9.17) is 4.43 Å². The maximum Gasteiger partial charge on any atom is 0.317 e. The van der Waals surface area contributed by atoms with E-state index >= 15 is 0 Å². The molecule has 0 aromatic carbocycles. The summed E-state index contributed by atoms with van der Waals surface area (Å²) >= 11 is 0. The Labute approximate surface area is 148 Å². The Hall–Kier alpha value is -1.17. The highest BCUT2D eigenvalue weighted by Crippen LogP contribution is 2.46. The predicted octanol–water partition coefficient (Wildman–Crippen LogP) is 2.62. The van der Waals surface area contributed by atoms with Crippen LogP contribution in [0.2, 0.25) is 6.04 Å². The van der Waals surface area contributed by atoms with Gasteiger partial charge in [0.15, 0.2) is 0 Å². The fourth-order valence-electron chi connectivity index (χ4n) is 3.90. The largest absolute Gasteiger partial charge is 0.421 e. The summed E-state index contributed by atoms with van der Waals surface area (Å²) in [7, 11) is 4.01. The summed E-state index contributed by atoms with van der Waals surface area (Å²) in [6, 6.07) is 0.933. The molecular formula is C17H31N3O3Si. The van der Waals surface area contributed by atoms with Gasteiger partial charge >= 0.3 is 6.03 Å². The molecule has 2 radical (unpaired) electrons.